The topological polar surface area (TPSA) is 79.0 Å². The molecule has 0 spiro atoms. The highest BCUT2D eigenvalue weighted by molar-refractivity contribution is 7.90. The Kier molecular flexibility index (Phi) is 4.58. The Labute approximate surface area is 150 Å². The molecule has 0 unspecified atom stereocenters. The van der Waals surface area contributed by atoms with Crippen molar-refractivity contribution >= 4 is 38.2 Å². The maximum atomic E-state index is 12.5. The summed E-state index contributed by atoms with van der Waals surface area (Å²) in [5, 5.41) is 4.26. The molecule has 7 heteroatoms. The molecule has 0 fully saturated rings. The molecule has 2 N–H and O–H groups in total. The minimum atomic E-state index is -3.24. The normalized spacial score (nSPS) is 12.9. The number of nitrogens with one attached hydrogen (secondary N) is 2. The number of rotatable bonds is 4. The van der Waals surface area contributed by atoms with Gasteiger partial charge >= 0.3 is 0 Å². The fourth-order valence-electron chi connectivity index (χ4n) is 2.60. The maximum absolute atomic E-state index is 12.5. The van der Waals surface area contributed by atoms with Gasteiger partial charge in [-0.2, -0.15) is 0 Å². The monoisotopic (exact) mass is 376 g/mol. The number of hydrogen-bond acceptors (Lipinski definition) is 3. The first-order chi connectivity index (χ1) is 11.8. The van der Waals surface area contributed by atoms with Gasteiger partial charge in [-0.05, 0) is 42.8 Å². The second-order valence-corrected chi connectivity index (χ2v) is 8.34. The van der Waals surface area contributed by atoms with Crippen LogP contribution in [0.25, 0.3) is 10.9 Å². The van der Waals surface area contributed by atoms with Crippen LogP contribution in [0.3, 0.4) is 0 Å². The highest BCUT2D eigenvalue weighted by Gasteiger charge is 2.15. The van der Waals surface area contributed by atoms with Crippen LogP contribution in [-0.4, -0.2) is 25.6 Å². The summed E-state index contributed by atoms with van der Waals surface area (Å²) >= 11 is 6.13. The predicted molar refractivity (Wildman–Crippen MR) is 98.7 cm³/mol. The highest BCUT2D eigenvalue weighted by atomic mass is 35.5. The lowest BCUT2D eigenvalue weighted by atomic mass is 10.1. The Bertz CT molecular complexity index is 1040. The van der Waals surface area contributed by atoms with Crippen LogP contribution < -0.4 is 5.32 Å². The number of carbonyl (C=O) groups excluding carboxylic acids is 1. The molecule has 130 valence electrons. The SMILES string of the molecule is C[C@@H](NC(=O)c1cc2c(Cl)cccc2[nH]1)c1ccc(S(C)(=O)=O)cc1. The molecule has 0 aliphatic heterocycles. The van der Waals surface area contributed by atoms with Crippen LogP contribution in [0.15, 0.2) is 53.4 Å². The van der Waals surface area contributed by atoms with E-state index in [1.807, 2.05) is 19.1 Å². The summed E-state index contributed by atoms with van der Waals surface area (Å²) in [6.07, 6.45) is 1.16. The Morgan fingerprint density at radius 1 is 1.16 bits per heavy atom. The first-order valence-electron chi connectivity index (χ1n) is 7.64. The molecule has 1 atom stereocenters. The van der Waals surface area contributed by atoms with Crippen LogP contribution in [0.2, 0.25) is 5.02 Å². The first-order valence-corrected chi connectivity index (χ1v) is 9.91. The Hall–Kier alpha value is -2.31. The molecule has 1 heterocycles. The lowest BCUT2D eigenvalue weighted by Gasteiger charge is -2.14. The molecule has 0 saturated carbocycles. The van der Waals surface area contributed by atoms with E-state index >= 15 is 0 Å². The van der Waals surface area contributed by atoms with Gasteiger partial charge in [-0.15, -0.1) is 0 Å². The second kappa shape index (κ2) is 6.54. The summed E-state index contributed by atoms with van der Waals surface area (Å²) in [5.41, 5.74) is 2.03. The van der Waals surface area contributed by atoms with Gasteiger partial charge in [-0.25, -0.2) is 8.42 Å². The smallest absolute Gasteiger partial charge is 0.268 e. The summed E-state index contributed by atoms with van der Waals surface area (Å²) < 4.78 is 23.0. The van der Waals surface area contributed by atoms with E-state index in [9.17, 15) is 13.2 Å². The average molecular weight is 377 g/mol. The highest BCUT2D eigenvalue weighted by Crippen LogP contribution is 2.24. The maximum Gasteiger partial charge on any atom is 0.268 e. The van der Waals surface area contributed by atoms with Gasteiger partial charge in [0.25, 0.3) is 5.91 Å². The van der Waals surface area contributed by atoms with E-state index in [0.717, 1.165) is 22.7 Å². The van der Waals surface area contributed by atoms with Crippen LogP contribution in [-0.2, 0) is 9.84 Å². The van der Waals surface area contributed by atoms with E-state index in [4.69, 9.17) is 11.6 Å². The lowest BCUT2D eigenvalue weighted by Crippen LogP contribution is -2.26. The molecular weight excluding hydrogens is 360 g/mol. The number of sulfone groups is 1. The van der Waals surface area contributed by atoms with Crippen molar-refractivity contribution in [3.63, 3.8) is 0 Å². The van der Waals surface area contributed by atoms with Gasteiger partial charge in [0.2, 0.25) is 0 Å². The minimum absolute atomic E-state index is 0.250. The van der Waals surface area contributed by atoms with Crippen molar-refractivity contribution in [2.24, 2.45) is 0 Å². The van der Waals surface area contributed by atoms with Gasteiger partial charge in [0.1, 0.15) is 5.69 Å². The number of aromatic amines is 1. The van der Waals surface area contributed by atoms with Crippen molar-refractivity contribution in [2.75, 3.05) is 6.26 Å². The van der Waals surface area contributed by atoms with E-state index in [2.05, 4.69) is 10.3 Å². The quantitative estimate of drug-likeness (QED) is 0.728. The van der Waals surface area contributed by atoms with Gasteiger partial charge in [-0.3, -0.25) is 4.79 Å². The first kappa shape index (κ1) is 17.5. The van der Waals surface area contributed by atoms with Gasteiger partial charge in [-0.1, -0.05) is 29.8 Å². The van der Waals surface area contributed by atoms with Crippen LogP contribution >= 0.6 is 11.6 Å². The molecule has 3 rings (SSSR count). The number of aromatic nitrogens is 1. The zero-order chi connectivity index (χ0) is 18.2. The Balaban J connectivity index is 1.78. The zero-order valence-electron chi connectivity index (χ0n) is 13.7. The third-order valence-corrected chi connectivity index (χ3v) is 5.47. The van der Waals surface area contributed by atoms with Crippen LogP contribution in [0.5, 0.6) is 0 Å². The molecule has 5 nitrogen and oxygen atoms in total. The molecule has 0 bridgehead atoms. The zero-order valence-corrected chi connectivity index (χ0v) is 15.3. The predicted octanol–water partition coefficient (Wildman–Crippen LogP) is 3.72. The van der Waals surface area contributed by atoms with Gasteiger partial charge < -0.3 is 10.3 Å². The molecule has 1 amide bonds. The molecular formula is C18H17ClN2O3S. The van der Waals surface area contributed by atoms with E-state index in [1.54, 1.807) is 24.3 Å². The van der Waals surface area contributed by atoms with Crippen molar-refractivity contribution in [3.8, 4) is 0 Å². The molecule has 0 aliphatic rings. The molecule has 0 saturated heterocycles. The summed E-state index contributed by atoms with van der Waals surface area (Å²) in [6.45, 7) is 1.84. The van der Waals surface area contributed by atoms with Crippen molar-refractivity contribution in [2.45, 2.75) is 17.9 Å². The van der Waals surface area contributed by atoms with E-state index in [1.165, 1.54) is 12.1 Å². The summed E-state index contributed by atoms with van der Waals surface area (Å²) in [5.74, 6) is -0.257. The largest absolute Gasteiger partial charge is 0.350 e. The van der Waals surface area contributed by atoms with Crippen molar-refractivity contribution in [3.05, 3.63) is 64.8 Å². The fourth-order valence-corrected chi connectivity index (χ4v) is 3.46. The van der Waals surface area contributed by atoms with Gasteiger partial charge in [0.05, 0.1) is 10.9 Å². The van der Waals surface area contributed by atoms with E-state index < -0.39 is 9.84 Å². The van der Waals surface area contributed by atoms with Gasteiger partial charge in [0, 0.05) is 22.2 Å². The molecule has 3 aromatic rings. The second-order valence-electron chi connectivity index (χ2n) is 5.92. The number of amides is 1. The number of H-pyrrole nitrogens is 1. The van der Waals surface area contributed by atoms with Crippen LogP contribution in [0.4, 0.5) is 0 Å². The minimum Gasteiger partial charge on any atom is -0.350 e. The molecule has 0 radical (unpaired) electrons. The van der Waals surface area contributed by atoms with Crippen molar-refractivity contribution < 1.29 is 13.2 Å². The fraction of sp³-hybridized carbons (Fsp3) is 0.167. The summed E-state index contributed by atoms with van der Waals surface area (Å²) in [7, 11) is -3.24. The number of fused-ring (bicyclic) bond motifs is 1. The molecule has 2 aromatic carbocycles. The van der Waals surface area contributed by atoms with Crippen LogP contribution in [0.1, 0.15) is 29.0 Å². The molecule has 1 aromatic heterocycles. The average Bonchev–Trinajstić information content (AvgIpc) is 3.00. The third kappa shape index (κ3) is 3.70. The standard InChI is InChI=1S/C18H17ClN2O3S/c1-11(12-6-8-13(9-7-12)25(2,23)24)20-18(22)17-10-14-15(19)4-3-5-16(14)21-17/h3-11,21H,1-2H3,(H,20,22)/t11-/m1/s1. The van der Waals surface area contributed by atoms with Gasteiger partial charge in [0.15, 0.2) is 9.84 Å². The number of hydrogen-bond donors (Lipinski definition) is 2. The summed E-state index contributed by atoms with van der Waals surface area (Å²) in [6, 6.07) is 13.3. The van der Waals surface area contributed by atoms with E-state index in [0.29, 0.717) is 10.7 Å². The number of benzene rings is 2. The number of halogens is 1. The van der Waals surface area contributed by atoms with Crippen molar-refractivity contribution in [1.29, 1.82) is 0 Å². The number of carbonyl (C=O) groups is 1. The van der Waals surface area contributed by atoms with Crippen LogP contribution in [0, 0.1) is 0 Å². The third-order valence-electron chi connectivity index (χ3n) is 4.01. The molecule has 0 aliphatic carbocycles. The van der Waals surface area contributed by atoms with Crippen molar-refractivity contribution in [1.82, 2.24) is 10.3 Å². The Morgan fingerprint density at radius 3 is 2.44 bits per heavy atom. The summed E-state index contributed by atoms with van der Waals surface area (Å²) in [4.78, 5) is 15.8. The van der Waals surface area contributed by atoms with E-state index in [-0.39, 0.29) is 16.8 Å². The lowest BCUT2D eigenvalue weighted by molar-refractivity contribution is 0.0935. The Morgan fingerprint density at radius 2 is 1.84 bits per heavy atom. The molecule has 25 heavy (non-hydrogen) atoms.